The van der Waals surface area contributed by atoms with Crippen LogP contribution in [0.25, 0.3) is 22.3 Å². The van der Waals surface area contributed by atoms with Gasteiger partial charge >= 0.3 is 0 Å². The predicted molar refractivity (Wildman–Crippen MR) is 145 cm³/mol. The number of pyridine rings is 1. The normalized spacial score (nSPS) is 18.1. The second kappa shape index (κ2) is 10.9. The Bertz CT molecular complexity index is 1470. The largest absolute Gasteiger partial charge is 0.383 e. The Hall–Kier alpha value is -3.54. The first-order valence-corrected chi connectivity index (χ1v) is 13.4. The fraction of sp³-hybridized carbons (Fsp3) is 0.429. The van der Waals surface area contributed by atoms with Gasteiger partial charge in [0.25, 0.3) is 0 Å². The molecule has 1 N–H and O–H groups in total. The molecule has 1 saturated heterocycles. The number of fused-ring (bicyclic) bond motifs is 3. The molecule has 1 atom stereocenters. The van der Waals surface area contributed by atoms with Gasteiger partial charge in [0.15, 0.2) is 11.6 Å². The predicted octanol–water partition coefficient (Wildman–Crippen LogP) is 4.18. The van der Waals surface area contributed by atoms with Crippen molar-refractivity contribution in [3.63, 3.8) is 0 Å². The first-order valence-electron chi connectivity index (χ1n) is 13.4. The highest BCUT2D eigenvalue weighted by molar-refractivity contribution is 5.83. The summed E-state index contributed by atoms with van der Waals surface area (Å²) in [4.78, 5) is 22.3. The zero-order valence-corrected chi connectivity index (χ0v) is 22.2. The molecule has 6 rings (SSSR count). The number of imidazole rings is 1. The number of methoxy groups -OCH3 is 1. The van der Waals surface area contributed by atoms with Crippen molar-refractivity contribution in [1.29, 1.82) is 0 Å². The van der Waals surface area contributed by atoms with Gasteiger partial charge in [-0.15, -0.1) is 0 Å². The zero-order chi connectivity index (χ0) is 26.9. The third kappa shape index (κ3) is 5.21. The van der Waals surface area contributed by atoms with Crippen molar-refractivity contribution in [2.24, 2.45) is 0 Å². The second-order valence-corrected chi connectivity index (χ2v) is 10.1. The number of benzene rings is 1. The van der Waals surface area contributed by atoms with E-state index in [9.17, 15) is 4.39 Å². The Morgan fingerprint density at radius 3 is 2.56 bits per heavy atom. The highest BCUT2D eigenvalue weighted by Crippen LogP contribution is 2.35. The molecular weight excluding hydrogens is 502 g/mol. The number of nitrogens with one attached hydrogen (secondary N) is 1. The number of ether oxygens (including phenoxy) is 1. The molecule has 0 saturated carbocycles. The summed E-state index contributed by atoms with van der Waals surface area (Å²) in [6.07, 6.45) is 4.54. The van der Waals surface area contributed by atoms with E-state index in [1.165, 1.54) is 6.07 Å². The van der Waals surface area contributed by atoms with Crippen molar-refractivity contribution >= 4 is 22.8 Å². The van der Waals surface area contributed by atoms with Crippen molar-refractivity contribution in [2.45, 2.75) is 32.4 Å². The van der Waals surface area contributed by atoms with Gasteiger partial charge in [-0.1, -0.05) is 13.0 Å². The van der Waals surface area contributed by atoms with Gasteiger partial charge < -0.3 is 19.5 Å². The molecule has 0 bridgehead atoms. The van der Waals surface area contributed by atoms with Crippen LogP contribution in [0.1, 0.15) is 30.8 Å². The van der Waals surface area contributed by atoms with Crippen LogP contribution in [0.2, 0.25) is 0 Å². The summed E-state index contributed by atoms with van der Waals surface area (Å²) in [7, 11) is 1.64. The lowest BCUT2D eigenvalue weighted by atomic mass is 10.1. The van der Waals surface area contributed by atoms with Crippen molar-refractivity contribution < 1.29 is 13.5 Å². The number of hydrogen-bond donors (Lipinski definition) is 1. The fourth-order valence-corrected chi connectivity index (χ4v) is 5.55. The number of likely N-dealkylation sites (N-methyl/N-ethyl adjacent to an activating group) is 1. The highest BCUT2D eigenvalue weighted by Gasteiger charge is 2.28. The molecule has 1 fully saturated rings. The van der Waals surface area contributed by atoms with Crippen LogP contribution in [0, 0.1) is 11.6 Å². The Kier molecular flexibility index (Phi) is 7.20. The molecule has 3 aromatic heterocycles. The summed E-state index contributed by atoms with van der Waals surface area (Å²) in [5.41, 5.74) is 2.34. The van der Waals surface area contributed by atoms with E-state index >= 15 is 4.39 Å². The molecular formula is C28H32F2N8O. The fourth-order valence-electron chi connectivity index (χ4n) is 5.55. The van der Waals surface area contributed by atoms with Crippen LogP contribution in [0.15, 0.2) is 36.7 Å². The van der Waals surface area contributed by atoms with Crippen LogP contribution in [-0.2, 0) is 17.7 Å². The lowest BCUT2D eigenvalue weighted by molar-refractivity contribution is 0.132. The zero-order valence-electron chi connectivity index (χ0n) is 22.2. The Labute approximate surface area is 225 Å². The number of piperazine rings is 1. The molecule has 204 valence electrons. The van der Waals surface area contributed by atoms with Crippen LogP contribution < -0.4 is 5.32 Å². The Morgan fingerprint density at radius 1 is 1.00 bits per heavy atom. The van der Waals surface area contributed by atoms with Gasteiger partial charge in [-0.3, -0.25) is 4.90 Å². The second-order valence-electron chi connectivity index (χ2n) is 10.1. The van der Waals surface area contributed by atoms with E-state index in [1.807, 2.05) is 22.9 Å². The lowest BCUT2D eigenvalue weighted by Gasteiger charge is -2.33. The average molecular weight is 535 g/mol. The quantitative estimate of drug-likeness (QED) is 0.361. The highest BCUT2D eigenvalue weighted by atomic mass is 19.1. The minimum Gasteiger partial charge on any atom is -0.383 e. The first-order chi connectivity index (χ1) is 19.0. The molecule has 39 heavy (non-hydrogen) atoms. The van der Waals surface area contributed by atoms with Gasteiger partial charge in [0.05, 0.1) is 24.4 Å². The van der Waals surface area contributed by atoms with E-state index in [4.69, 9.17) is 4.74 Å². The molecule has 11 heteroatoms. The first kappa shape index (κ1) is 25.7. The topological polar surface area (TPSA) is 84.2 Å². The molecule has 2 aliphatic heterocycles. The van der Waals surface area contributed by atoms with Crippen LogP contribution >= 0.6 is 0 Å². The summed E-state index contributed by atoms with van der Waals surface area (Å²) >= 11 is 0. The third-order valence-electron chi connectivity index (χ3n) is 7.65. The standard InChI is InChI=1S/C28H32F2N8O/c1-3-36-8-10-37(11-9-36)16-18-4-6-24(31-14-18)33-28-32-15-22(30)26(35-28)19-12-21(29)27-23(13-19)38-20(17-39-2)5-7-25(38)34-27/h4,6,12-15,20H,3,5,7-11,16-17H2,1-2H3,(H,31,32,33,35). The number of rotatable bonds is 8. The number of aryl methyl sites for hydroxylation is 1. The molecule has 0 spiro atoms. The molecule has 4 aromatic rings. The van der Waals surface area contributed by atoms with E-state index in [2.05, 4.69) is 42.0 Å². The third-order valence-corrected chi connectivity index (χ3v) is 7.65. The van der Waals surface area contributed by atoms with E-state index in [0.717, 1.165) is 69.7 Å². The number of nitrogens with zero attached hydrogens (tertiary/aromatic N) is 7. The Morgan fingerprint density at radius 2 is 1.82 bits per heavy atom. The molecule has 2 aliphatic rings. The summed E-state index contributed by atoms with van der Waals surface area (Å²) in [5.74, 6) is 0.386. The molecule has 5 heterocycles. The molecule has 1 aromatic carbocycles. The number of aromatic nitrogens is 5. The van der Waals surface area contributed by atoms with Crippen molar-refractivity contribution in [3.8, 4) is 11.3 Å². The van der Waals surface area contributed by atoms with Gasteiger partial charge in [0.1, 0.15) is 22.9 Å². The minimum atomic E-state index is -0.639. The maximum atomic E-state index is 15.1. The van der Waals surface area contributed by atoms with Gasteiger partial charge in [-0.05, 0) is 36.7 Å². The van der Waals surface area contributed by atoms with Crippen molar-refractivity contribution in [2.75, 3.05) is 51.8 Å². The summed E-state index contributed by atoms with van der Waals surface area (Å²) in [6.45, 7) is 8.89. The maximum Gasteiger partial charge on any atom is 0.229 e. The van der Waals surface area contributed by atoms with Crippen molar-refractivity contribution in [1.82, 2.24) is 34.3 Å². The van der Waals surface area contributed by atoms with Crippen LogP contribution in [0.3, 0.4) is 0 Å². The van der Waals surface area contributed by atoms with Gasteiger partial charge in [0.2, 0.25) is 5.95 Å². The van der Waals surface area contributed by atoms with E-state index in [-0.39, 0.29) is 23.2 Å². The van der Waals surface area contributed by atoms with Crippen LogP contribution in [0.5, 0.6) is 0 Å². The summed E-state index contributed by atoms with van der Waals surface area (Å²) in [5, 5.41) is 3.05. The summed E-state index contributed by atoms with van der Waals surface area (Å²) < 4.78 is 37.4. The number of hydrogen-bond acceptors (Lipinski definition) is 8. The van der Waals surface area contributed by atoms with Crippen molar-refractivity contribution in [3.05, 3.63) is 59.7 Å². The van der Waals surface area contributed by atoms with Crippen LogP contribution in [0.4, 0.5) is 20.5 Å². The molecule has 0 aliphatic carbocycles. The monoisotopic (exact) mass is 534 g/mol. The van der Waals surface area contributed by atoms with E-state index in [0.29, 0.717) is 23.5 Å². The molecule has 1 unspecified atom stereocenters. The smallest absolute Gasteiger partial charge is 0.229 e. The van der Waals surface area contributed by atoms with Gasteiger partial charge in [-0.25, -0.2) is 28.7 Å². The van der Waals surface area contributed by atoms with E-state index in [1.54, 1.807) is 13.2 Å². The average Bonchev–Trinajstić information content (AvgIpc) is 3.52. The van der Waals surface area contributed by atoms with Crippen LogP contribution in [-0.4, -0.2) is 80.7 Å². The lowest BCUT2D eigenvalue weighted by Crippen LogP contribution is -2.45. The molecule has 9 nitrogen and oxygen atoms in total. The Balaban J connectivity index is 1.21. The minimum absolute atomic E-state index is 0.00739. The van der Waals surface area contributed by atoms with Gasteiger partial charge in [0, 0.05) is 58.0 Å². The molecule has 0 radical (unpaired) electrons. The van der Waals surface area contributed by atoms with Gasteiger partial charge in [-0.2, -0.15) is 0 Å². The summed E-state index contributed by atoms with van der Waals surface area (Å²) in [6, 6.07) is 6.96. The maximum absolute atomic E-state index is 15.1. The van der Waals surface area contributed by atoms with E-state index < -0.39 is 11.6 Å². The SMILES string of the molecule is CCN1CCN(Cc2ccc(Nc3ncc(F)c(-c4cc(F)c5nc6n(c5c4)C(COC)CC6)n3)nc2)CC1. The number of anilines is 2. The number of halogens is 2. The molecule has 0 amide bonds.